The van der Waals surface area contributed by atoms with Gasteiger partial charge in [-0.05, 0) is 44.0 Å². The minimum absolute atomic E-state index is 0.0708. The lowest BCUT2D eigenvalue weighted by Crippen LogP contribution is -2.36. The zero-order valence-corrected chi connectivity index (χ0v) is 10.5. The van der Waals surface area contributed by atoms with E-state index in [1.807, 2.05) is 37.1 Å². The molecule has 2 N–H and O–H groups in total. The van der Waals surface area contributed by atoms with Crippen molar-refractivity contribution in [1.82, 2.24) is 0 Å². The van der Waals surface area contributed by atoms with E-state index < -0.39 is 5.60 Å². The number of aliphatic hydroxyl groups is 2. The SMILES string of the molecule is Cc1cc(N(C)CC(C)(C)O)ccc1CO. The molecule has 1 rings (SSSR count). The van der Waals surface area contributed by atoms with Crippen LogP contribution >= 0.6 is 0 Å². The molecule has 1 aromatic carbocycles. The number of benzene rings is 1. The molecule has 0 aromatic heterocycles. The highest BCUT2D eigenvalue weighted by molar-refractivity contribution is 5.50. The van der Waals surface area contributed by atoms with Crippen molar-refractivity contribution in [2.75, 3.05) is 18.5 Å². The number of aryl methyl sites for hydroxylation is 1. The smallest absolute Gasteiger partial charge is 0.0765 e. The monoisotopic (exact) mass is 223 g/mol. The van der Waals surface area contributed by atoms with E-state index in [0.29, 0.717) is 6.54 Å². The first kappa shape index (κ1) is 13.0. The summed E-state index contributed by atoms with van der Waals surface area (Å²) in [5, 5.41) is 18.8. The third-order valence-electron chi connectivity index (χ3n) is 2.56. The molecule has 0 aliphatic rings. The number of aliphatic hydroxyl groups excluding tert-OH is 1. The van der Waals surface area contributed by atoms with Gasteiger partial charge in [0.15, 0.2) is 0 Å². The third kappa shape index (κ3) is 3.51. The Labute approximate surface area is 97.3 Å². The van der Waals surface area contributed by atoms with Crippen molar-refractivity contribution in [2.24, 2.45) is 0 Å². The Balaban J connectivity index is 2.85. The number of rotatable bonds is 4. The molecule has 0 saturated carbocycles. The van der Waals surface area contributed by atoms with Crippen LogP contribution in [0.3, 0.4) is 0 Å². The van der Waals surface area contributed by atoms with E-state index in [0.717, 1.165) is 16.8 Å². The molecular weight excluding hydrogens is 202 g/mol. The second kappa shape index (κ2) is 4.85. The predicted molar refractivity (Wildman–Crippen MR) is 66.7 cm³/mol. The number of hydrogen-bond donors (Lipinski definition) is 2. The topological polar surface area (TPSA) is 43.7 Å². The Bertz CT molecular complexity index is 355. The maximum Gasteiger partial charge on any atom is 0.0765 e. The van der Waals surface area contributed by atoms with Gasteiger partial charge in [-0.25, -0.2) is 0 Å². The van der Waals surface area contributed by atoms with E-state index in [2.05, 4.69) is 0 Å². The molecule has 1 aromatic rings. The average Bonchev–Trinajstić information content (AvgIpc) is 2.15. The van der Waals surface area contributed by atoms with E-state index in [-0.39, 0.29) is 6.61 Å². The van der Waals surface area contributed by atoms with Crippen LogP contribution in [0.2, 0.25) is 0 Å². The molecular formula is C13H21NO2. The molecule has 3 nitrogen and oxygen atoms in total. The van der Waals surface area contributed by atoms with Crippen molar-refractivity contribution in [2.45, 2.75) is 33.0 Å². The van der Waals surface area contributed by atoms with Crippen LogP contribution in [0.5, 0.6) is 0 Å². The largest absolute Gasteiger partial charge is 0.392 e. The van der Waals surface area contributed by atoms with Gasteiger partial charge in [-0.3, -0.25) is 0 Å². The van der Waals surface area contributed by atoms with Crippen LogP contribution in [0.15, 0.2) is 18.2 Å². The Kier molecular flexibility index (Phi) is 3.94. The highest BCUT2D eigenvalue weighted by Gasteiger charge is 2.16. The highest BCUT2D eigenvalue weighted by atomic mass is 16.3. The first-order valence-corrected chi connectivity index (χ1v) is 5.47. The van der Waals surface area contributed by atoms with E-state index >= 15 is 0 Å². The Morgan fingerprint density at radius 3 is 2.38 bits per heavy atom. The lowest BCUT2D eigenvalue weighted by atomic mass is 10.1. The summed E-state index contributed by atoms with van der Waals surface area (Å²) in [6.07, 6.45) is 0. The third-order valence-corrected chi connectivity index (χ3v) is 2.56. The normalized spacial score (nSPS) is 11.6. The van der Waals surface area contributed by atoms with Gasteiger partial charge < -0.3 is 15.1 Å². The van der Waals surface area contributed by atoms with Gasteiger partial charge in [-0.1, -0.05) is 6.07 Å². The first-order chi connectivity index (χ1) is 7.33. The standard InChI is InChI=1S/C13H21NO2/c1-10-7-12(6-5-11(10)8-15)14(4)9-13(2,3)16/h5-7,15-16H,8-9H2,1-4H3. The van der Waals surface area contributed by atoms with Gasteiger partial charge in [-0.2, -0.15) is 0 Å². The second-order valence-electron chi connectivity index (χ2n) is 4.94. The lowest BCUT2D eigenvalue weighted by Gasteiger charge is -2.27. The summed E-state index contributed by atoms with van der Waals surface area (Å²) < 4.78 is 0. The molecule has 0 aliphatic heterocycles. The summed E-state index contributed by atoms with van der Waals surface area (Å²) in [5.41, 5.74) is 2.36. The van der Waals surface area contributed by atoms with Crippen LogP contribution < -0.4 is 4.90 Å². The lowest BCUT2D eigenvalue weighted by molar-refractivity contribution is 0.0886. The summed E-state index contributed by atoms with van der Waals surface area (Å²) in [6, 6.07) is 5.91. The maximum atomic E-state index is 9.74. The molecule has 90 valence electrons. The molecule has 0 atom stereocenters. The number of anilines is 1. The zero-order valence-electron chi connectivity index (χ0n) is 10.5. The van der Waals surface area contributed by atoms with Gasteiger partial charge in [0.1, 0.15) is 0 Å². The van der Waals surface area contributed by atoms with Crippen molar-refractivity contribution in [3.8, 4) is 0 Å². The fraction of sp³-hybridized carbons (Fsp3) is 0.538. The molecule has 0 saturated heterocycles. The molecule has 0 radical (unpaired) electrons. The van der Waals surface area contributed by atoms with Gasteiger partial charge in [-0.15, -0.1) is 0 Å². The quantitative estimate of drug-likeness (QED) is 0.816. The van der Waals surface area contributed by atoms with Crippen LogP contribution in [-0.2, 0) is 6.61 Å². The van der Waals surface area contributed by atoms with Crippen molar-refractivity contribution in [3.63, 3.8) is 0 Å². The number of nitrogens with zero attached hydrogens (tertiary/aromatic N) is 1. The molecule has 0 aliphatic carbocycles. The summed E-state index contributed by atoms with van der Waals surface area (Å²) in [4.78, 5) is 2.01. The molecule has 0 fully saturated rings. The first-order valence-electron chi connectivity index (χ1n) is 5.47. The molecule has 0 spiro atoms. The average molecular weight is 223 g/mol. The van der Waals surface area contributed by atoms with Crippen LogP contribution in [0.4, 0.5) is 5.69 Å². The fourth-order valence-corrected chi connectivity index (χ4v) is 1.77. The van der Waals surface area contributed by atoms with Crippen molar-refractivity contribution in [3.05, 3.63) is 29.3 Å². The minimum Gasteiger partial charge on any atom is -0.392 e. The summed E-state index contributed by atoms with van der Waals surface area (Å²) in [5.74, 6) is 0. The van der Waals surface area contributed by atoms with Crippen molar-refractivity contribution >= 4 is 5.69 Å². The Morgan fingerprint density at radius 1 is 1.31 bits per heavy atom. The molecule has 0 heterocycles. The van der Waals surface area contributed by atoms with Gasteiger partial charge in [0.05, 0.1) is 12.2 Å². The Hall–Kier alpha value is -1.06. The van der Waals surface area contributed by atoms with E-state index in [1.54, 1.807) is 13.8 Å². The maximum absolute atomic E-state index is 9.74. The van der Waals surface area contributed by atoms with E-state index in [9.17, 15) is 5.11 Å². The van der Waals surface area contributed by atoms with E-state index in [4.69, 9.17) is 5.11 Å². The predicted octanol–water partition coefficient (Wildman–Crippen LogP) is 1.69. The fourth-order valence-electron chi connectivity index (χ4n) is 1.77. The molecule has 3 heteroatoms. The highest BCUT2D eigenvalue weighted by Crippen LogP contribution is 2.19. The molecule has 0 unspecified atom stereocenters. The second-order valence-corrected chi connectivity index (χ2v) is 4.94. The number of hydrogen-bond acceptors (Lipinski definition) is 3. The summed E-state index contributed by atoms with van der Waals surface area (Å²) >= 11 is 0. The van der Waals surface area contributed by atoms with Crippen LogP contribution in [0.25, 0.3) is 0 Å². The van der Waals surface area contributed by atoms with Gasteiger partial charge in [0.25, 0.3) is 0 Å². The number of likely N-dealkylation sites (N-methyl/N-ethyl adjacent to an activating group) is 1. The van der Waals surface area contributed by atoms with Gasteiger partial charge >= 0.3 is 0 Å². The van der Waals surface area contributed by atoms with E-state index in [1.165, 1.54) is 0 Å². The minimum atomic E-state index is -0.710. The van der Waals surface area contributed by atoms with Crippen molar-refractivity contribution < 1.29 is 10.2 Å². The molecule has 0 amide bonds. The zero-order chi connectivity index (χ0) is 12.3. The summed E-state index contributed by atoms with van der Waals surface area (Å²) in [7, 11) is 1.95. The Morgan fingerprint density at radius 2 is 1.94 bits per heavy atom. The summed E-state index contributed by atoms with van der Waals surface area (Å²) in [6.45, 7) is 6.20. The molecule has 0 bridgehead atoms. The van der Waals surface area contributed by atoms with Gasteiger partial charge in [0.2, 0.25) is 0 Å². The molecule has 16 heavy (non-hydrogen) atoms. The van der Waals surface area contributed by atoms with Crippen LogP contribution in [-0.4, -0.2) is 29.4 Å². The van der Waals surface area contributed by atoms with Gasteiger partial charge in [0, 0.05) is 19.3 Å². The van der Waals surface area contributed by atoms with Crippen molar-refractivity contribution in [1.29, 1.82) is 0 Å². The van der Waals surface area contributed by atoms with Crippen LogP contribution in [0.1, 0.15) is 25.0 Å². The van der Waals surface area contributed by atoms with Crippen LogP contribution in [0, 0.1) is 6.92 Å².